The van der Waals surface area contributed by atoms with Crippen molar-refractivity contribution in [1.29, 1.82) is 5.26 Å². The molecular formula is C12H12N6. The van der Waals surface area contributed by atoms with Crippen LogP contribution in [0, 0.1) is 11.3 Å². The highest BCUT2D eigenvalue weighted by Gasteiger charge is 2.04. The third kappa shape index (κ3) is 3.15. The van der Waals surface area contributed by atoms with Gasteiger partial charge in [0.2, 0.25) is 11.9 Å². The van der Waals surface area contributed by atoms with Crippen molar-refractivity contribution in [2.24, 2.45) is 0 Å². The topological polar surface area (TPSA) is 101 Å². The molecule has 0 aliphatic carbocycles. The quantitative estimate of drug-likeness (QED) is 0.842. The SMILES string of the molecule is N#CCCc1nc(N)nc(Nc2ccccc2)n1. The number of nitrogens with zero attached hydrogens (tertiary/aromatic N) is 4. The minimum Gasteiger partial charge on any atom is -0.368 e. The van der Waals surface area contributed by atoms with E-state index in [0.717, 1.165) is 5.69 Å². The minimum absolute atomic E-state index is 0.149. The molecular weight excluding hydrogens is 228 g/mol. The Bertz CT molecular complexity index is 561. The number of benzene rings is 1. The van der Waals surface area contributed by atoms with Gasteiger partial charge in [0.05, 0.1) is 6.07 Å². The molecule has 0 aliphatic heterocycles. The smallest absolute Gasteiger partial charge is 0.232 e. The molecule has 0 amide bonds. The van der Waals surface area contributed by atoms with Crippen LogP contribution in [0.3, 0.4) is 0 Å². The highest BCUT2D eigenvalue weighted by molar-refractivity contribution is 5.53. The number of hydrogen-bond acceptors (Lipinski definition) is 6. The molecule has 0 fully saturated rings. The minimum atomic E-state index is 0.149. The van der Waals surface area contributed by atoms with E-state index in [0.29, 0.717) is 24.6 Å². The Morgan fingerprint density at radius 1 is 1.17 bits per heavy atom. The van der Waals surface area contributed by atoms with Crippen molar-refractivity contribution in [2.75, 3.05) is 11.1 Å². The Morgan fingerprint density at radius 3 is 2.67 bits per heavy atom. The third-order valence-corrected chi connectivity index (χ3v) is 2.19. The zero-order chi connectivity index (χ0) is 12.8. The molecule has 0 saturated heterocycles. The van der Waals surface area contributed by atoms with E-state index in [4.69, 9.17) is 11.0 Å². The maximum absolute atomic E-state index is 8.53. The molecule has 18 heavy (non-hydrogen) atoms. The Hall–Kier alpha value is -2.68. The van der Waals surface area contributed by atoms with E-state index in [1.807, 2.05) is 36.4 Å². The highest BCUT2D eigenvalue weighted by atomic mass is 15.2. The van der Waals surface area contributed by atoms with Crippen molar-refractivity contribution >= 4 is 17.6 Å². The van der Waals surface area contributed by atoms with Crippen LogP contribution >= 0.6 is 0 Å². The molecule has 2 aromatic rings. The van der Waals surface area contributed by atoms with Gasteiger partial charge in [-0.25, -0.2) is 0 Å². The normalized spacial score (nSPS) is 9.72. The first-order valence-electron chi connectivity index (χ1n) is 5.47. The summed E-state index contributed by atoms with van der Waals surface area (Å²) < 4.78 is 0. The Balaban J connectivity index is 2.18. The second kappa shape index (κ2) is 5.59. The lowest BCUT2D eigenvalue weighted by Crippen LogP contribution is -2.07. The summed E-state index contributed by atoms with van der Waals surface area (Å²) in [5.41, 5.74) is 6.47. The number of nitrogens with two attached hydrogens (primary N) is 1. The van der Waals surface area contributed by atoms with Crippen LogP contribution in [0.4, 0.5) is 17.6 Å². The molecule has 0 atom stereocenters. The fourth-order valence-corrected chi connectivity index (χ4v) is 1.42. The van der Waals surface area contributed by atoms with Crippen molar-refractivity contribution < 1.29 is 0 Å². The summed E-state index contributed by atoms with van der Waals surface area (Å²) in [6.07, 6.45) is 0.820. The van der Waals surface area contributed by atoms with Crippen LogP contribution in [-0.2, 0) is 6.42 Å². The maximum Gasteiger partial charge on any atom is 0.232 e. The number of nitrogen functional groups attached to an aromatic ring is 1. The first-order chi connectivity index (χ1) is 8.78. The summed E-state index contributed by atoms with van der Waals surface area (Å²) in [5, 5.41) is 11.6. The van der Waals surface area contributed by atoms with Crippen molar-refractivity contribution in [3.8, 4) is 6.07 Å². The summed E-state index contributed by atoms with van der Waals surface area (Å²) in [6, 6.07) is 11.6. The number of nitriles is 1. The largest absolute Gasteiger partial charge is 0.368 e. The fourth-order valence-electron chi connectivity index (χ4n) is 1.42. The number of aryl methyl sites for hydroxylation is 1. The summed E-state index contributed by atoms with van der Waals surface area (Å²) in [7, 11) is 0. The predicted octanol–water partition coefficient (Wildman–Crippen LogP) is 1.65. The molecule has 1 heterocycles. The van der Waals surface area contributed by atoms with Crippen LogP contribution in [0.25, 0.3) is 0 Å². The Morgan fingerprint density at radius 2 is 1.94 bits per heavy atom. The number of para-hydroxylation sites is 1. The number of hydrogen-bond donors (Lipinski definition) is 2. The summed E-state index contributed by atoms with van der Waals surface area (Å²) >= 11 is 0. The predicted molar refractivity (Wildman–Crippen MR) is 67.9 cm³/mol. The molecule has 0 saturated carbocycles. The first kappa shape index (κ1) is 11.8. The molecule has 1 aromatic carbocycles. The van der Waals surface area contributed by atoms with Gasteiger partial charge in [-0.3, -0.25) is 0 Å². The van der Waals surface area contributed by atoms with Gasteiger partial charge in [-0.15, -0.1) is 0 Å². The molecule has 0 radical (unpaired) electrons. The van der Waals surface area contributed by atoms with Crippen LogP contribution in [0.5, 0.6) is 0 Å². The lowest BCUT2D eigenvalue weighted by molar-refractivity contribution is 0.868. The van der Waals surface area contributed by atoms with Crippen LogP contribution in [0.1, 0.15) is 12.2 Å². The molecule has 0 bridgehead atoms. The van der Waals surface area contributed by atoms with Crippen molar-refractivity contribution in [3.05, 3.63) is 36.2 Å². The average molecular weight is 240 g/mol. The van der Waals surface area contributed by atoms with Gasteiger partial charge in [0.15, 0.2) is 0 Å². The second-order valence-electron chi connectivity index (χ2n) is 3.58. The fraction of sp³-hybridized carbons (Fsp3) is 0.167. The molecule has 0 spiro atoms. The van der Waals surface area contributed by atoms with Gasteiger partial charge in [0.1, 0.15) is 5.82 Å². The van der Waals surface area contributed by atoms with E-state index >= 15 is 0 Å². The molecule has 0 unspecified atom stereocenters. The van der Waals surface area contributed by atoms with Crippen LogP contribution < -0.4 is 11.1 Å². The Kier molecular flexibility index (Phi) is 3.66. The van der Waals surface area contributed by atoms with Crippen molar-refractivity contribution in [1.82, 2.24) is 15.0 Å². The van der Waals surface area contributed by atoms with E-state index < -0.39 is 0 Å². The van der Waals surface area contributed by atoms with E-state index in [9.17, 15) is 0 Å². The number of anilines is 3. The molecule has 1 aromatic heterocycles. The average Bonchev–Trinajstić information content (AvgIpc) is 2.37. The second-order valence-corrected chi connectivity index (χ2v) is 3.58. The lowest BCUT2D eigenvalue weighted by atomic mass is 10.3. The summed E-state index contributed by atoms with van der Waals surface area (Å²) in [4.78, 5) is 12.2. The van der Waals surface area contributed by atoms with Crippen LogP contribution in [0.15, 0.2) is 30.3 Å². The van der Waals surface area contributed by atoms with Gasteiger partial charge >= 0.3 is 0 Å². The van der Waals surface area contributed by atoms with Gasteiger partial charge in [-0.05, 0) is 12.1 Å². The zero-order valence-corrected chi connectivity index (χ0v) is 9.67. The summed E-state index contributed by atoms with van der Waals surface area (Å²) in [5.74, 6) is 1.06. The molecule has 6 heteroatoms. The molecule has 0 aliphatic rings. The van der Waals surface area contributed by atoms with Crippen LogP contribution in [0.2, 0.25) is 0 Å². The molecule has 2 rings (SSSR count). The van der Waals surface area contributed by atoms with Gasteiger partial charge in [0, 0.05) is 18.5 Å². The van der Waals surface area contributed by atoms with Gasteiger partial charge < -0.3 is 11.1 Å². The molecule has 6 nitrogen and oxygen atoms in total. The number of nitrogens with one attached hydrogen (secondary N) is 1. The highest BCUT2D eigenvalue weighted by Crippen LogP contribution is 2.12. The molecule has 90 valence electrons. The molecule has 3 N–H and O–H groups in total. The Labute approximate surface area is 105 Å². The maximum atomic E-state index is 8.53. The van der Waals surface area contributed by atoms with E-state index in [-0.39, 0.29) is 5.95 Å². The monoisotopic (exact) mass is 240 g/mol. The zero-order valence-electron chi connectivity index (χ0n) is 9.67. The standard InChI is InChI=1S/C12H12N6/c13-8-4-7-10-16-11(14)18-12(17-10)15-9-5-2-1-3-6-9/h1-3,5-6H,4,7H2,(H3,14,15,16,17,18). The van der Waals surface area contributed by atoms with Gasteiger partial charge in [0.25, 0.3) is 0 Å². The third-order valence-electron chi connectivity index (χ3n) is 2.19. The first-order valence-corrected chi connectivity index (χ1v) is 5.47. The van der Waals surface area contributed by atoms with Crippen molar-refractivity contribution in [2.45, 2.75) is 12.8 Å². The van der Waals surface area contributed by atoms with Gasteiger partial charge in [-0.1, -0.05) is 18.2 Å². The van der Waals surface area contributed by atoms with Gasteiger partial charge in [-0.2, -0.15) is 20.2 Å². The summed E-state index contributed by atoms with van der Waals surface area (Å²) in [6.45, 7) is 0. The van der Waals surface area contributed by atoms with Crippen molar-refractivity contribution in [3.63, 3.8) is 0 Å². The van der Waals surface area contributed by atoms with E-state index in [2.05, 4.69) is 20.3 Å². The van der Waals surface area contributed by atoms with E-state index in [1.165, 1.54) is 0 Å². The van der Waals surface area contributed by atoms with E-state index in [1.54, 1.807) is 0 Å². The van der Waals surface area contributed by atoms with Crippen LogP contribution in [-0.4, -0.2) is 15.0 Å². The lowest BCUT2D eigenvalue weighted by Gasteiger charge is -2.06. The number of rotatable bonds is 4. The number of aromatic nitrogens is 3.